The van der Waals surface area contributed by atoms with Crippen LogP contribution in [0.1, 0.15) is 0 Å². The second kappa shape index (κ2) is 7.33. The number of nitrogens with one attached hydrogen (secondary N) is 1. The molecule has 1 aliphatic heterocycles. The number of halogens is 4. The molecule has 21 heavy (non-hydrogen) atoms. The van der Waals surface area contributed by atoms with Gasteiger partial charge in [-0.25, -0.2) is 0 Å². The minimum Gasteiger partial charge on any atom is -0.383 e. The zero-order valence-corrected chi connectivity index (χ0v) is 12.4. The molecule has 1 aromatic rings. The summed E-state index contributed by atoms with van der Waals surface area (Å²) in [6, 6.07) is 7.50. The Kier molecular flexibility index (Phi) is 5.72. The number of anilines is 1. The molecular formula is C14H19ClF3N3. The summed E-state index contributed by atoms with van der Waals surface area (Å²) in [5.74, 6) is 0. The lowest BCUT2D eigenvalue weighted by Gasteiger charge is -2.35. The highest BCUT2D eigenvalue weighted by Gasteiger charge is 2.31. The van der Waals surface area contributed by atoms with E-state index in [1.165, 1.54) is 4.90 Å². The third-order valence-electron chi connectivity index (χ3n) is 3.49. The maximum absolute atomic E-state index is 12.3. The molecule has 0 amide bonds. The van der Waals surface area contributed by atoms with Crippen molar-refractivity contribution in [1.29, 1.82) is 0 Å². The van der Waals surface area contributed by atoms with Crippen molar-refractivity contribution in [3.05, 3.63) is 29.3 Å². The number of alkyl halides is 3. The zero-order chi connectivity index (χ0) is 15.3. The number of piperazine rings is 1. The van der Waals surface area contributed by atoms with Gasteiger partial charge in [0.1, 0.15) is 0 Å². The van der Waals surface area contributed by atoms with Gasteiger partial charge >= 0.3 is 6.18 Å². The van der Waals surface area contributed by atoms with Crippen molar-refractivity contribution in [1.82, 2.24) is 9.80 Å². The van der Waals surface area contributed by atoms with Crippen LogP contribution in [0.2, 0.25) is 5.02 Å². The number of nitrogens with zero attached hydrogens (tertiary/aromatic N) is 2. The van der Waals surface area contributed by atoms with Crippen LogP contribution >= 0.6 is 11.6 Å². The van der Waals surface area contributed by atoms with Gasteiger partial charge < -0.3 is 5.32 Å². The molecule has 0 aromatic heterocycles. The molecule has 2 rings (SSSR count). The van der Waals surface area contributed by atoms with E-state index in [0.29, 0.717) is 31.2 Å². The molecule has 0 bridgehead atoms. The average Bonchev–Trinajstić information content (AvgIpc) is 2.41. The van der Waals surface area contributed by atoms with Crippen molar-refractivity contribution in [2.24, 2.45) is 0 Å². The van der Waals surface area contributed by atoms with Crippen LogP contribution in [0.15, 0.2) is 24.3 Å². The Balaban J connectivity index is 1.66. The molecule has 1 saturated heterocycles. The first-order valence-corrected chi connectivity index (χ1v) is 7.32. The number of benzene rings is 1. The molecule has 0 saturated carbocycles. The molecule has 118 valence electrons. The normalized spacial score (nSPS) is 17.9. The van der Waals surface area contributed by atoms with Gasteiger partial charge in [0, 0.05) is 39.3 Å². The van der Waals surface area contributed by atoms with Crippen LogP contribution in [-0.4, -0.2) is 61.8 Å². The van der Waals surface area contributed by atoms with Crippen LogP contribution in [-0.2, 0) is 0 Å². The van der Waals surface area contributed by atoms with E-state index in [1.807, 2.05) is 24.3 Å². The minimum absolute atomic E-state index is 0.464. The Morgan fingerprint density at radius 1 is 1.05 bits per heavy atom. The van der Waals surface area contributed by atoms with Gasteiger partial charge in [-0.05, 0) is 12.1 Å². The molecule has 0 radical (unpaired) electrons. The van der Waals surface area contributed by atoms with Crippen molar-refractivity contribution in [3.8, 4) is 0 Å². The van der Waals surface area contributed by atoms with Crippen LogP contribution in [0.4, 0.5) is 18.9 Å². The monoisotopic (exact) mass is 321 g/mol. The van der Waals surface area contributed by atoms with Gasteiger partial charge in [0.05, 0.1) is 17.3 Å². The first kappa shape index (κ1) is 16.4. The summed E-state index contributed by atoms with van der Waals surface area (Å²) in [7, 11) is 0. The highest BCUT2D eigenvalue weighted by atomic mass is 35.5. The van der Waals surface area contributed by atoms with E-state index in [-0.39, 0.29) is 0 Å². The number of hydrogen-bond acceptors (Lipinski definition) is 3. The smallest absolute Gasteiger partial charge is 0.383 e. The van der Waals surface area contributed by atoms with E-state index in [4.69, 9.17) is 11.6 Å². The third kappa shape index (κ3) is 5.73. The van der Waals surface area contributed by atoms with Crippen molar-refractivity contribution in [2.45, 2.75) is 6.18 Å². The van der Waals surface area contributed by atoms with Crippen LogP contribution in [0, 0.1) is 0 Å². The van der Waals surface area contributed by atoms with Gasteiger partial charge in [0.15, 0.2) is 0 Å². The number of para-hydroxylation sites is 1. The van der Waals surface area contributed by atoms with Gasteiger partial charge in [-0.3, -0.25) is 9.80 Å². The van der Waals surface area contributed by atoms with Crippen molar-refractivity contribution in [3.63, 3.8) is 0 Å². The fraction of sp³-hybridized carbons (Fsp3) is 0.571. The minimum atomic E-state index is -4.10. The predicted octanol–water partition coefficient (Wildman–Crippen LogP) is 2.93. The van der Waals surface area contributed by atoms with Crippen molar-refractivity contribution < 1.29 is 13.2 Å². The molecule has 0 spiro atoms. The van der Waals surface area contributed by atoms with Crippen molar-refractivity contribution >= 4 is 17.3 Å². The van der Waals surface area contributed by atoms with Gasteiger partial charge in [-0.1, -0.05) is 23.7 Å². The second-order valence-corrected chi connectivity index (χ2v) is 5.55. The van der Waals surface area contributed by atoms with E-state index < -0.39 is 12.7 Å². The maximum atomic E-state index is 12.3. The second-order valence-electron chi connectivity index (χ2n) is 5.14. The SMILES string of the molecule is FC(F)(F)CN1CCN(CCNc2ccccc2Cl)CC1. The summed E-state index contributed by atoms with van der Waals surface area (Å²) in [6.45, 7) is 2.98. The van der Waals surface area contributed by atoms with Crippen LogP contribution in [0.5, 0.6) is 0 Å². The largest absolute Gasteiger partial charge is 0.401 e. The highest BCUT2D eigenvalue weighted by Crippen LogP contribution is 2.20. The van der Waals surface area contributed by atoms with Gasteiger partial charge in [-0.2, -0.15) is 13.2 Å². The summed E-state index contributed by atoms with van der Waals surface area (Å²) >= 11 is 6.04. The Bertz CT molecular complexity index is 445. The first-order valence-electron chi connectivity index (χ1n) is 6.94. The topological polar surface area (TPSA) is 18.5 Å². The molecule has 0 unspecified atom stereocenters. The highest BCUT2D eigenvalue weighted by molar-refractivity contribution is 6.33. The lowest BCUT2D eigenvalue weighted by Crippen LogP contribution is -2.50. The number of rotatable bonds is 5. The summed E-state index contributed by atoms with van der Waals surface area (Å²) in [6.07, 6.45) is -4.10. The lowest BCUT2D eigenvalue weighted by atomic mass is 10.3. The predicted molar refractivity (Wildman–Crippen MR) is 78.9 cm³/mol. The summed E-state index contributed by atoms with van der Waals surface area (Å²) in [5, 5.41) is 3.92. The van der Waals surface area contributed by atoms with E-state index >= 15 is 0 Å². The first-order chi connectivity index (χ1) is 9.94. The molecule has 1 heterocycles. The molecular weight excluding hydrogens is 303 g/mol. The Morgan fingerprint density at radius 3 is 2.29 bits per heavy atom. The molecule has 1 fully saturated rings. The zero-order valence-electron chi connectivity index (χ0n) is 11.7. The van der Waals surface area contributed by atoms with E-state index in [1.54, 1.807) is 0 Å². The van der Waals surface area contributed by atoms with Crippen LogP contribution in [0.3, 0.4) is 0 Å². The van der Waals surface area contributed by atoms with Crippen molar-refractivity contribution in [2.75, 3.05) is 51.1 Å². The summed E-state index contributed by atoms with van der Waals surface area (Å²) in [4.78, 5) is 3.62. The van der Waals surface area contributed by atoms with E-state index in [9.17, 15) is 13.2 Å². The van der Waals surface area contributed by atoms with Gasteiger partial charge in [0.2, 0.25) is 0 Å². The number of hydrogen-bond donors (Lipinski definition) is 1. The third-order valence-corrected chi connectivity index (χ3v) is 3.81. The van der Waals surface area contributed by atoms with Crippen LogP contribution in [0.25, 0.3) is 0 Å². The molecule has 3 nitrogen and oxygen atoms in total. The van der Waals surface area contributed by atoms with Crippen LogP contribution < -0.4 is 5.32 Å². The Morgan fingerprint density at radius 2 is 1.67 bits per heavy atom. The van der Waals surface area contributed by atoms with E-state index in [0.717, 1.165) is 18.8 Å². The fourth-order valence-corrected chi connectivity index (χ4v) is 2.58. The Hall–Kier alpha value is -0.980. The molecule has 1 aliphatic rings. The van der Waals surface area contributed by atoms with Gasteiger partial charge in [-0.15, -0.1) is 0 Å². The molecule has 1 aromatic carbocycles. The summed E-state index contributed by atoms with van der Waals surface area (Å²) in [5.41, 5.74) is 0.884. The fourth-order valence-electron chi connectivity index (χ4n) is 2.38. The molecule has 7 heteroatoms. The lowest BCUT2D eigenvalue weighted by molar-refractivity contribution is -0.149. The summed E-state index contributed by atoms with van der Waals surface area (Å²) < 4.78 is 36.9. The average molecular weight is 322 g/mol. The molecule has 0 atom stereocenters. The standard InChI is InChI=1S/C14H19ClF3N3/c15-12-3-1-2-4-13(12)19-5-6-20-7-9-21(10-8-20)11-14(16,17)18/h1-4,19H,5-11H2. The van der Waals surface area contributed by atoms with E-state index in [2.05, 4.69) is 10.2 Å². The Labute approximate surface area is 127 Å². The molecule has 1 N–H and O–H groups in total. The maximum Gasteiger partial charge on any atom is 0.401 e. The quantitative estimate of drug-likeness (QED) is 0.899. The molecule has 0 aliphatic carbocycles. The van der Waals surface area contributed by atoms with Gasteiger partial charge in [0.25, 0.3) is 0 Å².